The van der Waals surface area contributed by atoms with Crippen molar-refractivity contribution in [3.8, 4) is 6.07 Å². The summed E-state index contributed by atoms with van der Waals surface area (Å²) in [6.07, 6.45) is 9.56. The lowest BCUT2D eigenvalue weighted by atomic mass is 9.49. The van der Waals surface area contributed by atoms with Crippen LogP contribution in [0.25, 0.3) is 0 Å². The number of hydrogen-bond donors (Lipinski definition) is 0. The Bertz CT molecular complexity index is 409. The molecule has 0 saturated heterocycles. The van der Waals surface area contributed by atoms with E-state index in [-0.39, 0.29) is 11.0 Å². The van der Waals surface area contributed by atoms with Crippen molar-refractivity contribution >= 4 is 5.97 Å². The summed E-state index contributed by atoms with van der Waals surface area (Å²) in [6.45, 7) is 0. The van der Waals surface area contributed by atoms with Gasteiger partial charge in [-0.2, -0.15) is 5.26 Å². The van der Waals surface area contributed by atoms with Crippen LogP contribution in [0.1, 0.15) is 38.5 Å². The molecule has 18 heavy (non-hydrogen) atoms. The molecule has 0 aromatic heterocycles. The molecule has 4 fully saturated rings. The second-order valence-electron chi connectivity index (χ2n) is 6.44. The summed E-state index contributed by atoms with van der Waals surface area (Å²) >= 11 is 0. The first-order chi connectivity index (χ1) is 8.64. The lowest BCUT2D eigenvalue weighted by molar-refractivity contribution is -0.135. The predicted molar refractivity (Wildman–Crippen MR) is 66.3 cm³/mol. The molecule has 4 saturated carbocycles. The summed E-state index contributed by atoms with van der Waals surface area (Å²) < 4.78 is 4.69. The maximum atomic E-state index is 11.6. The molecule has 0 aliphatic heterocycles. The number of nitrogens with zero attached hydrogens (tertiary/aromatic N) is 1. The SMILES string of the molecule is COC(=O)/C(C#N)=C/C12CC3CC(CC(C3)C1)C2. The van der Waals surface area contributed by atoms with E-state index in [2.05, 4.69) is 4.74 Å². The first kappa shape index (κ1) is 11.8. The monoisotopic (exact) mass is 245 g/mol. The molecule has 4 bridgehead atoms. The van der Waals surface area contributed by atoms with Crippen LogP contribution < -0.4 is 0 Å². The average Bonchev–Trinajstić information content (AvgIpc) is 2.33. The Morgan fingerprint density at radius 2 is 1.72 bits per heavy atom. The number of nitriles is 1. The van der Waals surface area contributed by atoms with Gasteiger partial charge in [0.25, 0.3) is 0 Å². The summed E-state index contributed by atoms with van der Waals surface area (Å²) in [7, 11) is 1.34. The van der Waals surface area contributed by atoms with Crippen LogP contribution in [-0.4, -0.2) is 13.1 Å². The lowest BCUT2D eigenvalue weighted by Gasteiger charge is -2.55. The Morgan fingerprint density at radius 3 is 2.11 bits per heavy atom. The normalized spacial score (nSPS) is 41.6. The fourth-order valence-corrected chi connectivity index (χ4v) is 4.91. The molecular formula is C15H19NO2. The number of hydrogen-bond acceptors (Lipinski definition) is 3. The molecule has 4 aliphatic rings. The number of carbonyl (C=O) groups is 1. The van der Waals surface area contributed by atoms with E-state index in [4.69, 9.17) is 5.26 Å². The van der Waals surface area contributed by atoms with Gasteiger partial charge < -0.3 is 4.74 Å². The molecule has 4 aliphatic carbocycles. The molecule has 3 nitrogen and oxygen atoms in total. The molecule has 96 valence electrons. The molecule has 0 atom stereocenters. The maximum absolute atomic E-state index is 11.6. The zero-order valence-corrected chi connectivity index (χ0v) is 10.8. The van der Waals surface area contributed by atoms with Gasteiger partial charge in [-0.05, 0) is 61.7 Å². The number of allylic oxidation sites excluding steroid dienone is 1. The number of ether oxygens (including phenoxy) is 1. The predicted octanol–water partition coefficient (Wildman–Crippen LogP) is 2.83. The quantitative estimate of drug-likeness (QED) is 0.427. The van der Waals surface area contributed by atoms with Crippen LogP contribution in [0.15, 0.2) is 11.6 Å². The van der Waals surface area contributed by atoms with Gasteiger partial charge in [-0.25, -0.2) is 4.79 Å². The fraction of sp³-hybridized carbons (Fsp3) is 0.733. The topological polar surface area (TPSA) is 50.1 Å². The van der Waals surface area contributed by atoms with E-state index in [0.717, 1.165) is 17.8 Å². The summed E-state index contributed by atoms with van der Waals surface area (Å²) in [6, 6.07) is 2.01. The first-order valence-corrected chi connectivity index (χ1v) is 6.85. The Labute approximate surface area is 108 Å². The molecular weight excluding hydrogens is 226 g/mol. The third kappa shape index (κ3) is 1.84. The average molecular weight is 245 g/mol. The van der Waals surface area contributed by atoms with E-state index in [0.29, 0.717) is 0 Å². The Balaban J connectivity index is 1.89. The summed E-state index contributed by atoms with van der Waals surface area (Å²) in [4.78, 5) is 11.6. The van der Waals surface area contributed by atoms with Crippen molar-refractivity contribution in [1.82, 2.24) is 0 Å². The standard InChI is InChI=1S/C15H19NO2/c1-18-14(17)13(9-16)8-15-5-10-2-11(6-15)4-12(3-10)7-15/h8,10-12H,2-7H2,1H3/b13-8+. The van der Waals surface area contributed by atoms with Crippen LogP contribution in [0, 0.1) is 34.5 Å². The zero-order chi connectivity index (χ0) is 12.8. The van der Waals surface area contributed by atoms with Gasteiger partial charge in [0.15, 0.2) is 0 Å². The summed E-state index contributed by atoms with van der Waals surface area (Å²) in [5.74, 6) is 1.99. The molecule has 0 spiro atoms. The van der Waals surface area contributed by atoms with E-state index >= 15 is 0 Å². The van der Waals surface area contributed by atoms with Crippen molar-refractivity contribution in [1.29, 1.82) is 5.26 Å². The number of esters is 1. The number of carbonyl (C=O) groups excluding carboxylic acids is 1. The smallest absolute Gasteiger partial charge is 0.348 e. The van der Waals surface area contributed by atoms with Gasteiger partial charge in [0.05, 0.1) is 7.11 Å². The van der Waals surface area contributed by atoms with Gasteiger partial charge in [-0.15, -0.1) is 0 Å². The number of methoxy groups -OCH3 is 1. The highest BCUT2D eigenvalue weighted by atomic mass is 16.5. The number of rotatable bonds is 2. The largest absolute Gasteiger partial charge is 0.465 e. The molecule has 3 heteroatoms. The Kier molecular flexibility index (Phi) is 2.69. The first-order valence-electron chi connectivity index (χ1n) is 6.85. The maximum Gasteiger partial charge on any atom is 0.348 e. The van der Waals surface area contributed by atoms with E-state index in [1.807, 2.05) is 12.1 Å². The molecule has 0 aromatic rings. The van der Waals surface area contributed by atoms with Gasteiger partial charge in [0.2, 0.25) is 0 Å². The van der Waals surface area contributed by atoms with Gasteiger partial charge in [-0.1, -0.05) is 6.08 Å². The molecule has 0 N–H and O–H groups in total. The molecule has 0 amide bonds. The highest BCUT2D eigenvalue weighted by Gasteiger charge is 2.50. The third-order valence-electron chi connectivity index (χ3n) is 5.06. The zero-order valence-electron chi connectivity index (χ0n) is 10.8. The molecule has 0 radical (unpaired) electrons. The van der Waals surface area contributed by atoms with E-state index in [9.17, 15) is 4.79 Å². The van der Waals surface area contributed by atoms with Crippen molar-refractivity contribution in [2.24, 2.45) is 23.2 Å². The van der Waals surface area contributed by atoms with Gasteiger partial charge in [0.1, 0.15) is 11.6 Å². The van der Waals surface area contributed by atoms with Crippen molar-refractivity contribution in [3.05, 3.63) is 11.6 Å². The van der Waals surface area contributed by atoms with Crippen molar-refractivity contribution in [2.45, 2.75) is 38.5 Å². The van der Waals surface area contributed by atoms with Gasteiger partial charge >= 0.3 is 5.97 Å². The fourth-order valence-electron chi connectivity index (χ4n) is 4.91. The van der Waals surface area contributed by atoms with E-state index < -0.39 is 5.97 Å². The van der Waals surface area contributed by atoms with Crippen molar-refractivity contribution in [2.75, 3.05) is 7.11 Å². The summed E-state index contributed by atoms with van der Waals surface area (Å²) in [5, 5.41) is 9.11. The molecule has 0 unspecified atom stereocenters. The van der Waals surface area contributed by atoms with Crippen LogP contribution >= 0.6 is 0 Å². The Hall–Kier alpha value is -1.30. The van der Waals surface area contributed by atoms with E-state index in [1.165, 1.54) is 45.6 Å². The highest BCUT2D eigenvalue weighted by molar-refractivity contribution is 5.92. The van der Waals surface area contributed by atoms with E-state index in [1.54, 1.807) is 0 Å². The van der Waals surface area contributed by atoms with Crippen molar-refractivity contribution in [3.63, 3.8) is 0 Å². The minimum Gasteiger partial charge on any atom is -0.465 e. The summed E-state index contributed by atoms with van der Waals surface area (Å²) in [5.41, 5.74) is 0.327. The molecule has 0 heterocycles. The van der Waals surface area contributed by atoms with Crippen LogP contribution in [-0.2, 0) is 9.53 Å². The van der Waals surface area contributed by atoms with Gasteiger partial charge in [-0.3, -0.25) is 0 Å². The van der Waals surface area contributed by atoms with Crippen LogP contribution in [0.3, 0.4) is 0 Å². The highest BCUT2D eigenvalue weighted by Crippen LogP contribution is 2.60. The van der Waals surface area contributed by atoms with Crippen LogP contribution in [0.2, 0.25) is 0 Å². The Morgan fingerprint density at radius 1 is 1.22 bits per heavy atom. The van der Waals surface area contributed by atoms with Crippen molar-refractivity contribution < 1.29 is 9.53 Å². The second-order valence-corrected chi connectivity index (χ2v) is 6.44. The van der Waals surface area contributed by atoms with Crippen LogP contribution in [0.4, 0.5) is 0 Å². The molecule has 0 aromatic carbocycles. The minimum absolute atomic E-state index is 0.119. The minimum atomic E-state index is -0.478. The third-order valence-corrected chi connectivity index (χ3v) is 5.06. The van der Waals surface area contributed by atoms with Gasteiger partial charge in [0, 0.05) is 0 Å². The molecule has 4 rings (SSSR count). The van der Waals surface area contributed by atoms with Crippen LogP contribution in [0.5, 0.6) is 0 Å². The lowest BCUT2D eigenvalue weighted by Crippen LogP contribution is -2.45. The second kappa shape index (κ2) is 4.12.